The van der Waals surface area contributed by atoms with E-state index in [2.05, 4.69) is 0 Å². The molecule has 6 rings (SSSR count). The van der Waals surface area contributed by atoms with Gasteiger partial charge in [-0.15, -0.1) is 0 Å². The number of fused-ring (bicyclic) bond motifs is 2. The molecule has 10 nitrogen and oxygen atoms in total. The van der Waals surface area contributed by atoms with Gasteiger partial charge in [-0.25, -0.2) is 8.42 Å². The van der Waals surface area contributed by atoms with Gasteiger partial charge in [0, 0.05) is 60.4 Å². The normalized spacial score (nSPS) is 14.1. The second-order valence-corrected chi connectivity index (χ2v) is 14.8. The van der Waals surface area contributed by atoms with E-state index in [4.69, 9.17) is 9.15 Å². The second-order valence-electron chi connectivity index (χ2n) is 11.8. The van der Waals surface area contributed by atoms with Crippen molar-refractivity contribution in [1.82, 2.24) is 0 Å². The van der Waals surface area contributed by atoms with Crippen molar-refractivity contribution in [3.8, 4) is 28.0 Å². The molecule has 1 aromatic heterocycles. The van der Waals surface area contributed by atoms with Gasteiger partial charge in [0.1, 0.15) is 0 Å². The minimum absolute atomic E-state index is 0. The van der Waals surface area contributed by atoms with Crippen molar-refractivity contribution in [2.75, 3.05) is 23.0 Å². The number of hydrogen-bond acceptors (Lipinski definition) is 8. The number of aryl methyl sites for hydroxylation is 1. The van der Waals surface area contributed by atoms with Gasteiger partial charge < -0.3 is 18.6 Å². The van der Waals surface area contributed by atoms with E-state index in [1.54, 1.807) is 0 Å². The summed E-state index contributed by atoms with van der Waals surface area (Å²) in [5, 5.41) is 0. The third-order valence-electron chi connectivity index (χ3n) is 8.26. The van der Waals surface area contributed by atoms with E-state index in [9.17, 15) is 25.9 Å². The first-order valence-electron chi connectivity index (χ1n) is 15.9. The van der Waals surface area contributed by atoms with Crippen LogP contribution in [0.1, 0.15) is 32.1 Å². The van der Waals surface area contributed by atoms with Crippen LogP contribution < -0.4 is 14.2 Å². The fraction of sp³-hybridized carbons (Fsp3) is 0.216. The van der Waals surface area contributed by atoms with Crippen LogP contribution in [0.15, 0.2) is 119 Å². The van der Waals surface area contributed by atoms with Gasteiger partial charge in [0.2, 0.25) is 11.5 Å². The number of allylic oxidation sites excluding steroid dienone is 2. The van der Waals surface area contributed by atoms with Crippen molar-refractivity contribution in [1.29, 1.82) is 0 Å². The van der Waals surface area contributed by atoms with Crippen molar-refractivity contribution in [3.05, 3.63) is 120 Å². The Morgan fingerprint density at radius 2 is 1.48 bits per heavy atom. The zero-order chi connectivity index (χ0) is 34.6. The predicted octanol–water partition coefficient (Wildman–Crippen LogP) is 6.42. The molecule has 0 saturated carbocycles. The molecule has 0 amide bonds. The summed E-state index contributed by atoms with van der Waals surface area (Å²) in [5.74, 6) is 0.657. The van der Waals surface area contributed by atoms with Crippen molar-refractivity contribution in [2.24, 2.45) is 0 Å². The monoisotopic (exact) mass is 723 g/mol. The van der Waals surface area contributed by atoms with Crippen molar-refractivity contribution >= 4 is 72.7 Å². The zero-order valence-corrected chi connectivity index (χ0v) is 31.5. The maximum absolute atomic E-state index is 11.6. The average molecular weight is 724 g/mol. The number of ether oxygens (including phenoxy) is 1. The van der Waals surface area contributed by atoms with E-state index >= 15 is 0 Å². The molecule has 0 saturated heterocycles. The van der Waals surface area contributed by atoms with Gasteiger partial charge >= 0.3 is 5.89 Å². The van der Waals surface area contributed by atoms with Gasteiger partial charge in [-0.05, 0) is 58.9 Å². The average Bonchev–Trinajstić information content (AvgIpc) is 3.60. The minimum Gasteiger partial charge on any atom is -0.748 e. The van der Waals surface area contributed by atoms with Gasteiger partial charge in [-0.3, -0.25) is 4.55 Å². The van der Waals surface area contributed by atoms with E-state index in [0.717, 1.165) is 39.0 Å². The maximum Gasteiger partial charge on any atom is 0.374 e. The van der Waals surface area contributed by atoms with Crippen LogP contribution in [-0.2, 0) is 26.8 Å². The summed E-state index contributed by atoms with van der Waals surface area (Å²) in [6.07, 6.45) is 4.56. The molecule has 4 aromatic carbocycles. The standard InChI is InChI=1S/C37H36N2O8S2.Na/c1-2-27(23-36-38(19-9-21-48(40,41)42)32-25-30(15-17-34(32)46-36)28-11-5-3-6-12-28)24-37-39(20-10-22-49(43,44)45)33-26-31(16-18-35(33)47-37)29-13-7-4-8-14-29;/h3-8,11-18,23-26H,2,9-10,19-22H2,1H3,(H-,40,41,42,43,44,45);. The summed E-state index contributed by atoms with van der Waals surface area (Å²) in [4.78, 5) is 1.90. The topological polar surface area (TPSA) is 141 Å². The van der Waals surface area contributed by atoms with E-state index in [1.807, 2.05) is 126 Å². The third kappa shape index (κ3) is 9.32. The van der Waals surface area contributed by atoms with Crippen LogP contribution in [-0.4, -0.2) is 73.5 Å². The van der Waals surface area contributed by atoms with Crippen LogP contribution in [0, 0.1) is 0 Å². The Bertz CT molecular complexity index is 2250. The van der Waals surface area contributed by atoms with Crippen molar-refractivity contribution in [2.45, 2.75) is 32.7 Å². The fourth-order valence-corrected chi connectivity index (χ4v) is 6.84. The summed E-state index contributed by atoms with van der Waals surface area (Å²) >= 11 is 0. The quantitative estimate of drug-likeness (QED) is 0.0828. The van der Waals surface area contributed by atoms with Crippen LogP contribution in [0.25, 0.3) is 39.4 Å². The van der Waals surface area contributed by atoms with E-state index in [0.29, 0.717) is 29.5 Å². The Kier molecular flexibility index (Phi) is 12.1. The van der Waals surface area contributed by atoms with Crippen molar-refractivity contribution in [3.63, 3.8) is 0 Å². The van der Waals surface area contributed by atoms with Crippen LogP contribution in [0.2, 0.25) is 0 Å². The Morgan fingerprint density at radius 1 is 0.840 bits per heavy atom. The number of nitrogens with zero attached hydrogens (tertiary/aromatic N) is 2. The van der Waals surface area contributed by atoms with Crippen LogP contribution in [0.4, 0.5) is 5.69 Å². The smallest absolute Gasteiger partial charge is 0.374 e. The molecule has 13 heteroatoms. The second kappa shape index (κ2) is 16.1. The first kappa shape index (κ1) is 37.5. The Morgan fingerprint density at radius 3 is 2.10 bits per heavy atom. The number of benzene rings is 4. The number of rotatable bonds is 13. The maximum atomic E-state index is 11.6. The number of hydrogen-bond donors (Lipinski definition) is 1. The first-order chi connectivity index (χ1) is 23.5. The zero-order valence-electron chi connectivity index (χ0n) is 27.9. The molecule has 1 aliphatic heterocycles. The molecule has 1 radical (unpaired) electrons. The van der Waals surface area contributed by atoms with E-state index in [1.165, 1.54) is 0 Å². The molecule has 0 bridgehead atoms. The fourth-order valence-electron chi connectivity index (χ4n) is 5.87. The molecule has 0 atom stereocenters. The predicted molar refractivity (Wildman–Crippen MR) is 194 cm³/mol. The van der Waals surface area contributed by atoms with Gasteiger partial charge in [0.05, 0.1) is 27.6 Å². The molecular formula is C37H36N2NaO8S2. The van der Waals surface area contributed by atoms with Crippen LogP contribution >= 0.6 is 0 Å². The molecular weight excluding hydrogens is 688 g/mol. The SMILES string of the molecule is CCC(=Cc1oc2ccc(-c3ccccc3)cc2[n+]1CCCS(=O)(=O)[O-])C=C1Oc2ccc(-c3ccccc3)cc2N1CCCS(=O)(=O)O.[Na]. The van der Waals surface area contributed by atoms with E-state index in [-0.39, 0.29) is 55.5 Å². The molecule has 1 N–H and O–H groups in total. The largest absolute Gasteiger partial charge is 0.748 e. The number of oxazole rings is 1. The molecule has 255 valence electrons. The molecule has 0 aliphatic carbocycles. The minimum atomic E-state index is -4.40. The Balaban J connectivity index is 0.00000486. The Hall–Kier alpha value is -3.75. The summed E-state index contributed by atoms with van der Waals surface area (Å²) in [6.45, 7) is 2.48. The van der Waals surface area contributed by atoms with E-state index < -0.39 is 31.7 Å². The molecule has 0 fully saturated rings. The molecule has 2 heterocycles. The summed E-state index contributed by atoms with van der Waals surface area (Å²) in [6, 6.07) is 31.4. The number of aromatic nitrogens is 1. The van der Waals surface area contributed by atoms with Crippen LogP contribution in [0.5, 0.6) is 5.75 Å². The first-order valence-corrected chi connectivity index (χ1v) is 19.1. The molecule has 1 aliphatic rings. The molecule has 5 aromatic rings. The molecule has 0 unspecified atom stereocenters. The number of anilines is 1. The summed E-state index contributed by atoms with van der Waals surface area (Å²) < 4.78 is 81.3. The van der Waals surface area contributed by atoms with Gasteiger partial charge in [0.15, 0.2) is 12.3 Å². The summed E-state index contributed by atoms with van der Waals surface area (Å²) in [7, 11) is -8.56. The molecule has 50 heavy (non-hydrogen) atoms. The van der Waals surface area contributed by atoms with Crippen molar-refractivity contribution < 1.29 is 39.7 Å². The summed E-state index contributed by atoms with van der Waals surface area (Å²) in [5.41, 5.74) is 6.89. The third-order valence-corrected chi connectivity index (χ3v) is 9.85. The Labute approximate surface area is 314 Å². The molecule has 0 spiro atoms. The van der Waals surface area contributed by atoms with Gasteiger partial charge in [-0.2, -0.15) is 13.0 Å². The van der Waals surface area contributed by atoms with Gasteiger partial charge in [-0.1, -0.05) is 79.7 Å². The van der Waals surface area contributed by atoms with Gasteiger partial charge in [0.25, 0.3) is 15.6 Å². The van der Waals surface area contributed by atoms with Crippen LogP contribution in [0.3, 0.4) is 0 Å².